The van der Waals surface area contributed by atoms with Gasteiger partial charge >= 0.3 is 0 Å². The molecule has 5 rings (SSSR count). The quantitative estimate of drug-likeness (QED) is 0.534. The summed E-state index contributed by atoms with van der Waals surface area (Å²) in [4.78, 5) is 35.1. The molecule has 2 aliphatic heterocycles. The molecule has 3 aromatic rings. The molecule has 0 aliphatic carbocycles. The molecular formula is C25H24N4O4S. The third kappa shape index (κ3) is 4.16. The van der Waals surface area contributed by atoms with Crippen LogP contribution in [-0.2, 0) is 14.3 Å². The van der Waals surface area contributed by atoms with Crippen molar-refractivity contribution in [3.8, 4) is 6.07 Å². The minimum Gasteiger partial charge on any atom is -0.367 e. The second-order valence-corrected chi connectivity index (χ2v) is 9.80. The molecule has 0 spiro atoms. The number of nitriles is 1. The second-order valence-electron chi connectivity index (χ2n) is 8.77. The number of carbonyl (C=O) groups is 2. The van der Waals surface area contributed by atoms with Crippen molar-refractivity contribution in [1.29, 1.82) is 5.26 Å². The Morgan fingerprint density at radius 3 is 2.44 bits per heavy atom. The average molecular weight is 477 g/mol. The third-order valence-corrected chi connectivity index (χ3v) is 7.11. The maximum absolute atomic E-state index is 13.5. The molecule has 2 aliphatic rings. The molecule has 2 fully saturated rings. The van der Waals surface area contributed by atoms with E-state index in [0.29, 0.717) is 36.8 Å². The van der Waals surface area contributed by atoms with Crippen molar-refractivity contribution in [2.75, 3.05) is 31.1 Å². The largest absolute Gasteiger partial charge is 0.367 e. The molecule has 0 saturated carbocycles. The summed E-state index contributed by atoms with van der Waals surface area (Å²) in [6, 6.07) is 17.2. The summed E-state index contributed by atoms with van der Waals surface area (Å²) in [5.74, 6) is -1.67. The first kappa shape index (κ1) is 22.5. The molecule has 0 bridgehead atoms. The van der Waals surface area contributed by atoms with Crippen LogP contribution in [0.15, 0.2) is 48.5 Å². The lowest BCUT2D eigenvalue weighted by Crippen LogP contribution is -2.54. The summed E-state index contributed by atoms with van der Waals surface area (Å²) in [7, 11) is 0. The van der Waals surface area contributed by atoms with Crippen LogP contribution in [0, 0.1) is 11.3 Å². The van der Waals surface area contributed by atoms with Gasteiger partial charge in [-0.15, -0.1) is 11.3 Å². The maximum Gasteiger partial charge on any atom is 0.255 e. The Kier molecular flexibility index (Phi) is 5.81. The van der Waals surface area contributed by atoms with Gasteiger partial charge in [0, 0.05) is 26.2 Å². The molecule has 2 aromatic carbocycles. The fourth-order valence-electron chi connectivity index (χ4n) is 4.42. The van der Waals surface area contributed by atoms with E-state index >= 15 is 0 Å². The number of fused-ring (bicyclic) bond motifs is 1. The molecule has 0 radical (unpaired) electrons. The molecule has 0 N–H and O–H groups in total. The highest BCUT2D eigenvalue weighted by molar-refractivity contribution is 7.20. The number of hydrogen-bond donors (Lipinski definition) is 0. The van der Waals surface area contributed by atoms with E-state index in [1.807, 2.05) is 42.5 Å². The lowest BCUT2D eigenvalue weighted by atomic mass is 10.1. The summed E-state index contributed by atoms with van der Waals surface area (Å²) >= 11 is 1.29. The smallest absolute Gasteiger partial charge is 0.255 e. The molecule has 0 unspecified atom stereocenters. The third-order valence-electron chi connectivity index (χ3n) is 6.06. The zero-order chi connectivity index (χ0) is 23.9. The number of ketones is 1. The lowest BCUT2D eigenvalue weighted by molar-refractivity contribution is -0.161. The normalized spacial score (nSPS) is 22.0. The van der Waals surface area contributed by atoms with Crippen LogP contribution >= 0.6 is 11.3 Å². The van der Waals surface area contributed by atoms with E-state index < -0.39 is 18.0 Å². The van der Waals surface area contributed by atoms with Crippen molar-refractivity contribution in [1.82, 2.24) is 9.88 Å². The van der Waals surface area contributed by atoms with Gasteiger partial charge in [-0.05, 0) is 38.1 Å². The number of benzene rings is 2. The van der Waals surface area contributed by atoms with E-state index in [2.05, 4.69) is 16.0 Å². The molecule has 2 saturated heterocycles. The lowest BCUT2D eigenvalue weighted by Gasteiger charge is -2.37. The highest BCUT2D eigenvalue weighted by Gasteiger charge is 2.51. The van der Waals surface area contributed by atoms with E-state index in [9.17, 15) is 14.9 Å². The number of anilines is 1. The van der Waals surface area contributed by atoms with E-state index in [0.717, 1.165) is 15.9 Å². The van der Waals surface area contributed by atoms with Crippen LogP contribution in [0.3, 0.4) is 0 Å². The predicted molar refractivity (Wildman–Crippen MR) is 128 cm³/mol. The number of Topliss-reactive ketones (excluding diaryl/α,β-unsaturated/α-hetero) is 1. The van der Waals surface area contributed by atoms with Crippen LogP contribution in [0.2, 0.25) is 0 Å². The Hall–Kier alpha value is -3.32. The van der Waals surface area contributed by atoms with E-state index in [-0.39, 0.29) is 11.7 Å². The van der Waals surface area contributed by atoms with Crippen molar-refractivity contribution in [2.24, 2.45) is 0 Å². The Balaban J connectivity index is 1.32. The predicted octanol–water partition coefficient (Wildman–Crippen LogP) is 3.22. The number of aromatic nitrogens is 1. The summed E-state index contributed by atoms with van der Waals surface area (Å²) in [5, 5.41) is 9.70. The first-order valence-corrected chi connectivity index (χ1v) is 12.0. The average Bonchev–Trinajstić information content (AvgIpc) is 3.43. The Morgan fingerprint density at radius 2 is 1.71 bits per heavy atom. The monoisotopic (exact) mass is 476 g/mol. The number of carbonyl (C=O) groups excluding carboxylic acids is 2. The maximum atomic E-state index is 13.5. The molecule has 9 heteroatoms. The molecule has 1 aromatic heterocycles. The zero-order valence-electron chi connectivity index (χ0n) is 18.9. The van der Waals surface area contributed by atoms with E-state index in [1.165, 1.54) is 11.3 Å². The molecule has 2 atom stereocenters. The highest BCUT2D eigenvalue weighted by atomic mass is 32.1. The van der Waals surface area contributed by atoms with Gasteiger partial charge in [0.1, 0.15) is 6.07 Å². The summed E-state index contributed by atoms with van der Waals surface area (Å²) < 4.78 is 12.7. The molecule has 174 valence electrons. The van der Waals surface area contributed by atoms with Gasteiger partial charge in [-0.1, -0.05) is 24.3 Å². The molecule has 1 amide bonds. The van der Waals surface area contributed by atoms with Crippen molar-refractivity contribution < 1.29 is 19.1 Å². The number of piperazine rings is 1. The van der Waals surface area contributed by atoms with Gasteiger partial charge < -0.3 is 19.3 Å². The van der Waals surface area contributed by atoms with Crippen molar-refractivity contribution >= 4 is 38.9 Å². The van der Waals surface area contributed by atoms with Crippen LogP contribution in [-0.4, -0.2) is 65.7 Å². The van der Waals surface area contributed by atoms with Crippen LogP contribution in [0.25, 0.3) is 10.2 Å². The van der Waals surface area contributed by atoms with Gasteiger partial charge in [0.2, 0.25) is 5.78 Å². The highest BCUT2D eigenvalue weighted by Crippen LogP contribution is 2.33. The molecule has 34 heavy (non-hydrogen) atoms. The Morgan fingerprint density at radius 1 is 1.03 bits per heavy atom. The van der Waals surface area contributed by atoms with Crippen LogP contribution < -0.4 is 4.90 Å². The Bertz CT molecular complexity index is 1260. The number of nitrogens with zero attached hydrogens (tertiary/aromatic N) is 4. The van der Waals surface area contributed by atoms with Crippen LogP contribution in [0.5, 0.6) is 0 Å². The number of thiazole rings is 1. The number of amides is 1. The Labute approximate surface area is 201 Å². The van der Waals surface area contributed by atoms with E-state index in [4.69, 9.17) is 9.47 Å². The van der Waals surface area contributed by atoms with Gasteiger partial charge in [0.25, 0.3) is 5.91 Å². The number of ether oxygens (including phenoxy) is 2. The SMILES string of the molecule is CC1(C)O[C@@H](C(=O)c2nc3ccccc3s2)[C@H](C(=O)N2CCN(c3ccccc3C#N)CC2)O1. The molecule has 3 heterocycles. The summed E-state index contributed by atoms with van der Waals surface area (Å²) in [5.41, 5.74) is 2.21. The van der Waals surface area contributed by atoms with Gasteiger partial charge in [0.15, 0.2) is 23.0 Å². The standard InChI is InChI=1S/C25H24N4O4S/c1-25(2)32-21(20(30)23-27-17-8-4-6-10-19(17)34-23)22(33-25)24(31)29-13-11-28(12-14-29)18-9-5-3-7-16(18)15-26/h3-10,21-22H,11-14H2,1-2H3/t21-,22+/m0/s1. The minimum atomic E-state index is -1.06. The second kappa shape index (κ2) is 8.80. The minimum absolute atomic E-state index is 0.266. The number of para-hydroxylation sites is 2. The van der Waals surface area contributed by atoms with Gasteiger partial charge in [-0.25, -0.2) is 4.98 Å². The fourth-order valence-corrected chi connectivity index (χ4v) is 5.36. The first-order valence-electron chi connectivity index (χ1n) is 11.1. The van der Waals surface area contributed by atoms with Crippen molar-refractivity contribution in [2.45, 2.75) is 31.8 Å². The number of rotatable bonds is 4. The van der Waals surface area contributed by atoms with Crippen molar-refractivity contribution in [3.05, 3.63) is 59.1 Å². The summed E-state index contributed by atoms with van der Waals surface area (Å²) in [6.07, 6.45) is -2.09. The fraction of sp³-hybridized carbons (Fsp3) is 0.360. The topological polar surface area (TPSA) is 95.8 Å². The van der Waals surface area contributed by atoms with Gasteiger partial charge in [0.05, 0.1) is 21.5 Å². The van der Waals surface area contributed by atoms with E-state index in [1.54, 1.807) is 24.8 Å². The molecular weight excluding hydrogens is 452 g/mol. The van der Waals surface area contributed by atoms with Crippen LogP contribution in [0.1, 0.15) is 29.2 Å². The van der Waals surface area contributed by atoms with Crippen LogP contribution in [0.4, 0.5) is 5.69 Å². The zero-order valence-corrected chi connectivity index (χ0v) is 19.7. The summed E-state index contributed by atoms with van der Waals surface area (Å²) in [6.45, 7) is 5.49. The number of hydrogen-bond acceptors (Lipinski definition) is 8. The molecule has 8 nitrogen and oxygen atoms in total. The van der Waals surface area contributed by atoms with Crippen molar-refractivity contribution in [3.63, 3.8) is 0 Å². The first-order chi connectivity index (χ1) is 16.4. The van der Waals surface area contributed by atoms with Gasteiger partial charge in [-0.3, -0.25) is 9.59 Å². The van der Waals surface area contributed by atoms with Gasteiger partial charge in [-0.2, -0.15) is 5.26 Å².